The van der Waals surface area contributed by atoms with Crippen molar-refractivity contribution in [2.45, 2.75) is 19.4 Å². The first-order chi connectivity index (χ1) is 10.2. The van der Waals surface area contributed by atoms with E-state index in [1.54, 1.807) is 0 Å². The van der Waals surface area contributed by atoms with E-state index in [-0.39, 0.29) is 0 Å². The van der Waals surface area contributed by atoms with Crippen LogP contribution in [0.5, 0.6) is 0 Å². The minimum absolute atomic E-state index is 0.413. The molecule has 2 heterocycles. The maximum Gasteiger partial charge on any atom is 0.346 e. The van der Waals surface area contributed by atoms with Crippen molar-refractivity contribution in [1.29, 1.82) is 0 Å². The zero-order valence-corrected chi connectivity index (χ0v) is 12.5. The van der Waals surface area contributed by atoms with Gasteiger partial charge in [-0.25, -0.2) is 4.79 Å². The fourth-order valence-electron chi connectivity index (χ4n) is 2.63. The number of thiophene rings is 1. The Morgan fingerprint density at radius 2 is 1.90 bits per heavy atom. The Kier molecular flexibility index (Phi) is 4.10. The van der Waals surface area contributed by atoms with E-state index < -0.39 is 5.97 Å². The molecule has 21 heavy (non-hydrogen) atoms. The maximum absolute atomic E-state index is 11.1. The number of carboxylic acids is 1. The summed E-state index contributed by atoms with van der Waals surface area (Å²) in [5.41, 5.74) is 3.11. The summed E-state index contributed by atoms with van der Waals surface area (Å²) in [6, 6.07) is 10.2. The molecule has 0 spiro atoms. The smallest absolute Gasteiger partial charge is 0.346 e. The van der Waals surface area contributed by atoms with Gasteiger partial charge in [0.15, 0.2) is 0 Å². The number of nitrogens with zero attached hydrogens (tertiary/aromatic N) is 1. The largest absolute Gasteiger partial charge is 0.477 e. The van der Waals surface area contributed by atoms with Crippen LogP contribution in [0.3, 0.4) is 0 Å². The van der Waals surface area contributed by atoms with Crippen LogP contribution in [-0.2, 0) is 6.54 Å². The number of benzene rings is 1. The Balaban J connectivity index is 1.62. The van der Waals surface area contributed by atoms with Gasteiger partial charge < -0.3 is 15.3 Å². The molecule has 1 saturated heterocycles. The molecule has 1 aromatic heterocycles. The quantitative estimate of drug-likeness (QED) is 0.885. The molecule has 0 atom stereocenters. The Morgan fingerprint density at radius 3 is 2.57 bits per heavy atom. The van der Waals surface area contributed by atoms with Crippen LogP contribution in [0, 0.1) is 0 Å². The zero-order valence-electron chi connectivity index (χ0n) is 11.7. The first-order valence-corrected chi connectivity index (χ1v) is 8.00. The molecule has 1 aliphatic heterocycles. The molecule has 2 aromatic rings. The molecule has 1 aromatic carbocycles. The van der Waals surface area contributed by atoms with E-state index >= 15 is 0 Å². The van der Waals surface area contributed by atoms with Gasteiger partial charge in [0.2, 0.25) is 0 Å². The molecule has 5 heteroatoms. The van der Waals surface area contributed by atoms with Crippen molar-refractivity contribution in [3.05, 3.63) is 46.2 Å². The maximum atomic E-state index is 11.1. The van der Waals surface area contributed by atoms with Crippen LogP contribution >= 0.6 is 11.3 Å². The molecule has 0 aliphatic carbocycles. The van der Waals surface area contributed by atoms with E-state index in [1.807, 2.05) is 11.4 Å². The number of hydrogen-bond acceptors (Lipinski definition) is 4. The third kappa shape index (κ3) is 3.19. The van der Waals surface area contributed by atoms with Crippen LogP contribution in [0.2, 0.25) is 0 Å². The molecule has 4 nitrogen and oxygen atoms in total. The monoisotopic (exact) mass is 302 g/mol. The molecular formula is C16H18N2O2S. The summed E-state index contributed by atoms with van der Waals surface area (Å²) in [5.74, 6) is -0.855. The highest BCUT2D eigenvalue weighted by atomic mass is 32.1. The van der Waals surface area contributed by atoms with Gasteiger partial charge in [-0.1, -0.05) is 0 Å². The zero-order chi connectivity index (χ0) is 14.7. The van der Waals surface area contributed by atoms with Gasteiger partial charge >= 0.3 is 5.97 Å². The highest BCUT2D eigenvalue weighted by Crippen LogP contribution is 2.23. The predicted octanol–water partition coefficient (Wildman–Crippen LogP) is 3.66. The third-order valence-electron chi connectivity index (χ3n) is 3.76. The van der Waals surface area contributed by atoms with Crippen LogP contribution in [0.4, 0.5) is 11.4 Å². The second-order valence-electron chi connectivity index (χ2n) is 5.17. The summed E-state index contributed by atoms with van der Waals surface area (Å²) in [6.07, 6.45) is 2.55. The lowest BCUT2D eigenvalue weighted by Crippen LogP contribution is -2.17. The molecule has 1 aliphatic rings. The van der Waals surface area contributed by atoms with E-state index in [0.717, 1.165) is 24.3 Å². The van der Waals surface area contributed by atoms with E-state index in [4.69, 9.17) is 5.11 Å². The van der Waals surface area contributed by atoms with Crippen LogP contribution in [0.25, 0.3) is 0 Å². The molecule has 2 N–H and O–H groups in total. The summed E-state index contributed by atoms with van der Waals surface area (Å²) in [4.78, 5) is 13.9. The number of carboxylic acid groups (broad SMARTS) is 1. The van der Waals surface area contributed by atoms with Crippen molar-refractivity contribution < 1.29 is 9.90 Å². The number of hydrogen-bond donors (Lipinski definition) is 2. The minimum atomic E-state index is -0.855. The molecule has 3 rings (SSSR count). The second kappa shape index (κ2) is 6.18. The molecule has 0 radical (unpaired) electrons. The SMILES string of the molecule is O=C(O)c1sccc1CNc1ccc(N2CCCC2)cc1. The van der Waals surface area contributed by atoms with Crippen LogP contribution in [0.15, 0.2) is 35.7 Å². The fraction of sp³-hybridized carbons (Fsp3) is 0.312. The van der Waals surface area contributed by atoms with Gasteiger partial charge in [-0.2, -0.15) is 0 Å². The summed E-state index contributed by atoms with van der Waals surface area (Å²) in [6.45, 7) is 2.82. The minimum Gasteiger partial charge on any atom is -0.477 e. The Morgan fingerprint density at radius 1 is 1.19 bits per heavy atom. The average Bonchev–Trinajstić information content (AvgIpc) is 3.17. The standard InChI is InChI=1S/C16H18N2O2S/c19-16(20)15-12(7-10-21-15)11-17-13-3-5-14(6-4-13)18-8-1-2-9-18/h3-7,10,17H,1-2,8-9,11H2,(H,19,20). The van der Waals surface area contributed by atoms with E-state index in [1.165, 1.54) is 29.9 Å². The molecule has 0 amide bonds. The molecule has 110 valence electrons. The highest BCUT2D eigenvalue weighted by Gasteiger charge is 2.13. The molecular weight excluding hydrogens is 284 g/mol. The van der Waals surface area contributed by atoms with Crippen LogP contribution in [-0.4, -0.2) is 24.2 Å². The summed E-state index contributed by atoms with van der Waals surface area (Å²) in [5, 5.41) is 14.2. The normalized spacial score (nSPS) is 14.4. The topological polar surface area (TPSA) is 52.6 Å². The van der Waals surface area contributed by atoms with Crippen molar-refractivity contribution in [2.24, 2.45) is 0 Å². The van der Waals surface area contributed by atoms with Gasteiger partial charge in [-0.05, 0) is 54.1 Å². The van der Waals surface area contributed by atoms with Crippen molar-refractivity contribution in [3.63, 3.8) is 0 Å². The lowest BCUT2D eigenvalue weighted by atomic mass is 10.2. The Hall–Kier alpha value is -2.01. The van der Waals surface area contributed by atoms with Crippen molar-refractivity contribution in [2.75, 3.05) is 23.3 Å². The van der Waals surface area contributed by atoms with Gasteiger partial charge in [0.1, 0.15) is 4.88 Å². The van der Waals surface area contributed by atoms with Crippen LogP contribution in [0.1, 0.15) is 28.1 Å². The highest BCUT2D eigenvalue weighted by molar-refractivity contribution is 7.12. The van der Waals surface area contributed by atoms with E-state index in [2.05, 4.69) is 34.5 Å². The third-order valence-corrected chi connectivity index (χ3v) is 4.71. The fourth-order valence-corrected chi connectivity index (χ4v) is 3.39. The van der Waals surface area contributed by atoms with Crippen LogP contribution < -0.4 is 10.2 Å². The number of anilines is 2. The molecule has 0 saturated carbocycles. The lowest BCUT2D eigenvalue weighted by molar-refractivity contribution is 0.0701. The van der Waals surface area contributed by atoms with Gasteiger partial charge in [0.25, 0.3) is 0 Å². The molecule has 1 fully saturated rings. The number of aromatic carboxylic acids is 1. The van der Waals surface area contributed by atoms with Gasteiger partial charge in [0.05, 0.1) is 0 Å². The predicted molar refractivity (Wildman–Crippen MR) is 86.5 cm³/mol. The lowest BCUT2D eigenvalue weighted by Gasteiger charge is -2.18. The Bertz CT molecular complexity index is 615. The number of rotatable bonds is 5. The first-order valence-electron chi connectivity index (χ1n) is 7.12. The van der Waals surface area contributed by atoms with Gasteiger partial charge in [-0.3, -0.25) is 0 Å². The van der Waals surface area contributed by atoms with Crippen molar-refractivity contribution in [3.8, 4) is 0 Å². The van der Waals surface area contributed by atoms with E-state index in [0.29, 0.717) is 11.4 Å². The average molecular weight is 302 g/mol. The van der Waals surface area contributed by atoms with Gasteiger partial charge in [-0.15, -0.1) is 11.3 Å². The van der Waals surface area contributed by atoms with Gasteiger partial charge in [0, 0.05) is 31.0 Å². The summed E-state index contributed by atoms with van der Waals surface area (Å²) in [7, 11) is 0. The van der Waals surface area contributed by atoms with Crippen molar-refractivity contribution >= 4 is 28.7 Å². The summed E-state index contributed by atoms with van der Waals surface area (Å²) < 4.78 is 0. The number of carbonyl (C=O) groups is 1. The number of nitrogens with one attached hydrogen (secondary N) is 1. The van der Waals surface area contributed by atoms with E-state index in [9.17, 15) is 4.79 Å². The molecule has 0 unspecified atom stereocenters. The first kappa shape index (κ1) is 13.9. The second-order valence-corrected chi connectivity index (χ2v) is 6.09. The van der Waals surface area contributed by atoms with Crippen molar-refractivity contribution in [1.82, 2.24) is 0 Å². The molecule has 0 bridgehead atoms. The summed E-state index contributed by atoms with van der Waals surface area (Å²) >= 11 is 1.27. The Labute approximate surface area is 128 Å².